The Balaban J connectivity index is 1.36. The molecule has 2 aromatic heterocycles. The lowest BCUT2D eigenvalue weighted by Crippen LogP contribution is -2.52. The summed E-state index contributed by atoms with van der Waals surface area (Å²) in [6.07, 6.45) is 5.43. The maximum atomic E-state index is 17.2. The average Bonchev–Trinajstić information content (AvgIpc) is 3.61. The van der Waals surface area contributed by atoms with Crippen LogP contribution in [-0.4, -0.2) is 94.9 Å². The van der Waals surface area contributed by atoms with Crippen molar-refractivity contribution in [3.8, 4) is 23.0 Å². The van der Waals surface area contributed by atoms with Gasteiger partial charge in [-0.15, -0.1) is 0 Å². The maximum absolute atomic E-state index is 17.2. The number of nitrogens with zero attached hydrogens (tertiary/aromatic N) is 5. The van der Waals surface area contributed by atoms with Gasteiger partial charge in [0.1, 0.15) is 35.6 Å². The molecule has 3 aliphatic rings. The number of pyridine rings is 1. The minimum Gasteiger partial charge on any atom is -0.481 e. The first-order valence-corrected chi connectivity index (χ1v) is 17.4. The standard InChI is InChI=1S/C37H44F2N6O5/c1-36(40)11-5-13-44(20-36)34-28-18-41-32(31(39)33(28)42-35(43-34)49-21-37-12-6-14-45(37)19-25(38)17-37)27-16-26(50-22-48-2)15-24-9-3-7-23(30(24)27)8-4-10-29(46)47/h3,7,9,15-16,18,25H,4-6,8,10-14,17,19-22,40H2,1-2H3,(H,46,47)/t25-,36-,37+/m1/s1. The smallest absolute Gasteiger partial charge is 0.319 e. The van der Waals surface area contributed by atoms with Gasteiger partial charge in [-0.2, -0.15) is 9.97 Å². The van der Waals surface area contributed by atoms with Crippen molar-refractivity contribution in [2.45, 2.75) is 75.5 Å². The van der Waals surface area contributed by atoms with E-state index in [0.29, 0.717) is 61.4 Å². The number of fused-ring (bicyclic) bond motifs is 3. The molecule has 3 N–H and O–H groups in total. The molecule has 11 nitrogen and oxygen atoms in total. The first-order chi connectivity index (χ1) is 24.1. The van der Waals surface area contributed by atoms with Crippen molar-refractivity contribution in [2.24, 2.45) is 5.73 Å². The lowest BCUT2D eigenvalue weighted by Gasteiger charge is -2.39. The van der Waals surface area contributed by atoms with Crippen LogP contribution in [0.25, 0.3) is 32.9 Å². The lowest BCUT2D eigenvalue weighted by molar-refractivity contribution is -0.137. The fourth-order valence-corrected chi connectivity index (χ4v) is 8.12. The molecule has 3 atom stereocenters. The highest BCUT2D eigenvalue weighted by atomic mass is 19.1. The molecular formula is C37H44F2N6O5. The summed E-state index contributed by atoms with van der Waals surface area (Å²) in [6.45, 7) is 4.58. The highest BCUT2D eigenvalue weighted by Gasteiger charge is 2.49. The number of piperidine rings is 1. The zero-order valence-electron chi connectivity index (χ0n) is 28.6. The van der Waals surface area contributed by atoms with Crippen LogP contribution in [0.3, 0.4) is 0 Å². The summed E-state index contributed by atoms with van der Waals surface area (Å²) in [5.41, 5.74) is 7.15. The Kier molecular flexibility index (Phi) is 9.48. The maximum Gasteiger partial charge on any atom is 0.319 e. The summed E-state index contributed by atoms with van der Waals surface area (Å²) in [6, 6.07) is 9.31. The van der Waals surface area contributed by atoms with Crippen molar-refractivity contribution >= 4 is 33.5 Å². The van der Waals surface area contributed by atoms with Crippen LogP contribution in [0.1, 0.15) is 57.4 Å². The van der Waals surface area contributed by atoms with Crippen molar-refractivity contribution in [3.05, 3.63) is 47.9 Å². The second kappa shape index (κ2) is 13.8. The molecule has 0 spiro atoms. The summed E-state index contributed by atoms with van der Waals surface area (Å²) < 4.78 is 49.0. The minimum absolute atomic E-state index is 0.00780. The van der Waals surface area contributed by atoms with Crippen molar-refractivity contribution in [2.75, 3.05) is 51.6 Å². The van der Waals surface area contributed by atoms with Crippen LogP contribution >= 0.6 is 0 Å². The first kappa shape index (κ1) is 34.3. The number of carboxylic acids is 1. The third-order valence-corrected chi connectivity index (χ3v) is 10.4. The van der Waals surface area contributed by atoms with E-state index < -0.39 is 29.0 Å². The molecule has 0 aliphatic carbocycles. The predicted molar refractivity (Wildman–Crippen MR) is 186 cm³/mol. The van der Waals surface area contributed by atoms with E-state index in [9.17, 15) is 14.3 Å². The molecule has 3 saturated heterocycles. The number of carboxylic acid groups (broad SMARTS) is 1. The van der Waals surface area contributed by atoms with Gasteiger partial charge in [-0.05, 0) is 80.5 Å². The van der Waals surface area contributed by atoms with Gasteiger partial charge in [-0.3, -0.25) is 14.7 Å². The fraction of sp³-hybridized carbons (Fsp3) is 0.514. The molecule has 4 aromatic rings. The van der Waals surface area contributed by atoms with E-state index in [-0.39, 0.29) is 37.0 Å². The summed E-state index contributed by atoms with van der Waals surface area (Å²) in [5.74, 6) is -0.576. The summed E-state index contributed by atoms with van der Waals surface area (Å²) >= 11 is 0. The summed E-state index contributed by atoms with van der Waals surface area (Å²) in [7, 11) is 1.52. The molecule has 13 heteroatoms. The number of anilines is 1. The van der Waals surface area contributed by atoms with Crippen LogP contribution in [0.2, 0.25) is 0 Å². The van der Waals surface area contributed by atoms with E-state index in [1.165, 1.54) is 7.11 Å². The topological polar surface area (TPSA) is 136 Å². The zero-order chi connectivity index (χ0) is 35.0. The summed E-state index contributed by atoms with van der Waals surface area (Å²) in [5, 5.41) is 11.2. The van der Waals surface area contributed by atoms with E-state index >= 15 is 4.39 Å². The molecule has 3 fully saturated rings. The molecule has 0 radical (unpaired) electrons. The Labute approximate surface area is 289 Å². The molecule has 3 aliphatic heterocycles. The van der Waals surface area contributed by atoms with Gasteiger partial charge in [0.2, 0.25) is 0 Å². The summed E-state index contributed by atoms with van der Waals surface area (Å²) in [4.78, 5) is 29.7. The van der Waals surface area contributed by atoms with Crippen molar-refractivity contribution < 1.29 is 32.9 Å². The normalized spacial score (nSPS) is 23.9. The molecule has 0 unspecified atom stereocenters. The Morgan fingerprint density at radius 3 is 2.80 bits per heavy atom. The van der Waals surface area contributed by atoms with Crippen molar-refractivity contribution in [3.63, 3.8) is 0 Å². The predicted octanol–water partition coefficient (Wildman–Crippen LogP) is 5.65. The Bertz CT molecular complexity index is 1910. The number of ether oxygens (including phenoxy) is 3. The number of rotatable bonds is 12. The second-order valence-electron chi connectivity index (χ2n) is 14.3. The van der Waals surface area contributed by atoms with Crippen LogP contribution < -0.4 is 20.1 Å². The van der Waals surface area contributed by atoms with Gasteiger partial charge in [-0.25, -0.2) is 8.78 Å². The Morgan fingerprint density at radius 1 is 1.16 bits per heavy atom. The molecule has 2 aromatic carbocycles. The minimum atomic E-state index is -0.916. The van der Waals surface area contributed by atoms with E-state index in [4.69, 9.17) is 29.9 Å². The van der Waals surface area contributed by atoms with Crippen molar-refractivity contribution in [1.82, 2.24) is 19.9 Å². The zero-order valence-corrected chi connectivity index (χ0v) is 28.6. The second-order valence-corrected chi connectivity index (χ2v) is 14.3. The van der Waals surface area contributed by atoms with Gasteiger partial charge >= 0.3 is 12.0 Å². The van der Waals surface area contributed by atoms with Gasteiger partial charge in [0, 0.05) is 56.9 Å². The van der Waals surface area contributed by atoms with Gasteiger partial charge in [-0.1, -0.05) is 18.2 Å². The Morgan fingerprint density at radius 2 is 2.00 bits per heavy atom. The number of benzene rings is 2. The van der Waals surface area contributed by atoms with E-state index in [0.717, 1.165) is 48.6 Å². The van der Waals surface area contributed by atoms with E-state index in [1.54, 1.807) is 12.3 Å². The Hall–Kier alpha value is -4.20. The van der Waals surface area contributed by atoms with Crippen LogP contribution in [0, 0.1) is 5.82 Å². The number of hydrogen-bond acceptors (Lipinski definition) is 10. The van der Waals surface area contributed by atoms with Gasteiger partial charge < -0.3 is 30.0 Å². The number of aromatic nitrogens is 3. The quantitative estimate of drug-likeness (QED) is 0.179. The van der Waals surface area contributed by atoms with Gasteiger partial charge in [0.25, 0.3) is 0 Å². The first-order valence-electron chi connectivity index (χ1n) is 17.4. The molecule has 0 amide bonds. The highest BCUT2D eigenvalue weighted by molar-refractivity contribution is 6.01. The number of aryl methyl sites for hydroxylation is 1. The monoisotopic (exact) mass is 690 g/mol. The SMILES string of the molecule is COCOc1cc(-c2ncc3c(N4CCC[C@@](C)(N)C4)nc(OC[C@@]45CCCN4C[C@H](F)C5)nc3c2F)c2c(CCCC(=O)O)cccc2c1. The lowest BCUT2D eigenvalue weighted by atomic mass is 9.92. The number of carbonyl (C=O) groups is 1. The van der Waals surface area contributed by atoms with E-state index in [2.05, 4.69) is 9.88 Å². The average molecular weight is 691 g/mol. The third-order valence-electron chi connectivity index (χ3n) is 10.4. The van der Waals surface area contributed by atoms with Gasteiger partial charge in [0.05, 0.1) is 10.9 Å². The van der Waals surface area contributed by atoms with Crippen LogP contribution in [-0.2, 0) is 16.0 Å². The molecule has 5 heterocycles. The van der Waals surface area contributed by atoms with Gasteiger partial charge in [0.15, 0.2) is 12.6 Å². The fourth-order valence-electron chi connectivity index (χ4n) is 8.12. The van der Waals surface area contributed by atoms with Crippen LogP contribution in [0.4, 0.5) is 14.6 Å². The number of halogens is 2. The molecule has 7 rings (SSSR count). The number of aliphatic carboxylic acids is 1. The molecule has 0 bridgehead atoms. The number of methoxy groups -OCH3 is 1. The largest absolute Gasteiger partial charge is 0.481 e. The number of alkyl halides is 1. The number of hydrogen-bond donors (Lipinski definition) is 2. The third kappa shape index (κ3) is 6.78. The molecule has 0 saturated carbocycles. The van der Waals surface area contributed by atoms with Crippen LogP contribution in [0.5, 0.6) is 11.8 Å². The molecule has 266 valence electrons. The van der Waals surface area contributed by atoms with E-state index in [1.807, 2.05) is 36.1 Å². The molecular weight excluding hydrogens is 646 g/mol. The number of nitrogens with two attached hydrogens (primary N) is 1. The molecule has 50 heavy (non-hydrogen) atoms. The van der Waals surface area contributed by atoms with Crippen LogP contribution in [0.15, 0.2) is 36.5 Å². The van der Waals surface area contributed by atoms with Crippen molar-refractivity contribution in [1.29, 1.82) is 0 Å². The highest BCUT2D eigenvalue weighted by Crippen LogP contribution is 2.42.